The smallest absolute Gasteiger partial charge is 0.132 e. The molecule has 4 heteroatoms. The zero-order valence-electron chi connectivity index (χ0n) is 21.0. The van der Waals surface area contributed by atoms with E-state index in [9.17, 15) is 4.79 Å². The summed E-state index contributed by atoms with van der Waals surface area (Å²) in [6.07, 6.45) is 2.91. The molecule has 180 valence electrons. The van der Waals surface area contributed by atoms with E-state index < -0.39 is 0 Å². The molecule has 2 fully saturated rings. The molecule has 5 rings (SSSR count). The van der Waals surface area contributed by atoms with Gasteiger partial charge in [0.1, 0.15) is 5.78 Å². The van der Waals surface area contributed by atoms with Crippen molar-refractivity contribution < 1.29 is 14.3 Å². The molecule has 4 atom stereocenters. The zero-order valence-corrected chi connectivity index (χ0v) is 21.0. The molecule has 4 nitrogen and oxygen atoms in total. The third kappa shape index (κ3) is 6.11. The van der Waals surface area contributed by atoms with Crippen molar-refractivity contribution in [3.05, 3.63) is 70.8 Å². The maximum absolute atomic E-state index is 11.5. The molecule has 0 radical (unpaired) electrons. The zero-order chi connectivity index (χ0) is 23.8. The predicted molar refractivity (Wildman–Crippen MR) is 135 cm³/mol. The summed E-state index contributed by atoms with van der Waals surface area (Å²) in [6.45, 7) is 13.0. The van der Waals surface area contributed by atoms with Crippen molar-refractivity contribution in [1.29, 1.82) is 0 Å². The third-order valence-corrected chi connectivity index (χ3v) is 6.62. The van der Waals surface area contributed by atoms with Gasteiger partial charge in [0.15, 0.2) is 0 Å². The van der Waals surface area contributed by atoms with Crippen LogP contribution < -0.4 is 0 Å². The van der Waals surface area contributed by atoms with Crippen LogP contribution in [0.3, 0.4) is 0 Å². The number of rotatable bonds is 4. The highest BCUT2D eigenvalue weighted by atomic mass is 16.5. The number of carbonyl (C=O) groups excluding carboxylic acids is 1. The fraction of sp³-hybridized carbons (Fsp3) is 0.552. The van der Waals surface area contributed by atoms with Gasteiger partial charge in [0.2, 0.25) is 0 Å². The minimum absolute atomic E-state index is 0.0228. The number of morpholine rings is 1. The number of ether oxygens (including phenoxy) is 2. The van der Waals surface area contributed by atoms with E-state index in [4.69, 9.17) is 9.47 Å². The molecule has 4 unspecified atom stereocenters. The first kappa shape index (κ1) is 25.6. The number of Topliss-reactive ketones (excluding diaryl/α,β-unsaturated/α-hetero) is 1. The monoisotopic (exact) mass is 451 g/mol. The van der Waals surface area contributed by atoms with Gasteiger partial charge in [-0.25, -0.2) is 0 Å². The Labute approximate surface area is 200 Å². The fourth-order valence-corrected chi connectivity index (χ4v) is 5.38. The molecule has 0 bridgehead atoms. The minimum atomic E-state index is 0.0228. The second-order valence-electron chi connectivity index (χ2n) is 8.75. The van der Waals surface area contributed by atoms with Gasteiger partial charge < -0.3 is 9.47 Å². The summed E-state index contributed by atoms with van der Waals surface area (Å²) in [5, 5.41) is 0. The van der Waals surface area contributed by atoms with E-state index in [1.54, 1.807) is 6.92 Å². The topological polar surface area (TPSA) is 38.8 Å². The van der Waals surface area contributed by atoms with E-state index in [2.05, 4.69) is 53.4 Å². The van der Waals surface area contributed by atoms with Gasteiger partial charge in [-0.2, -0.15) is 0 Å². The van der Waals surface area contributed by atoms with Crippen molar-refractivity contribution in [3.63, 3.8) is 0 Å². The van der Waals surface area contributed by atoms with Crippen molar-refractivity contribution in [2.45, 2.75) is 78.1 Å². The highest BCUT2D eigenvalue weighted by molar-refractivity contribution is 5.76. The Bertz CT molecular complexity index is 842. The first-order chi connectivity index (χ1) is 16.2. The fourth-order valence-electron chi connectivity index (χ4n) is 5.38. The van der Waals surface area contributed by atoms with Crippen molar-refractivity contribution in [2.75, 3.05) is 26.2 Å². The SMILES string of the molecule is CC.CC.CC(=O)CC1CN(CC2CC3c4ccccc4Cc4ccccc4C3O2)CCO1. The third-order valence-electron chi connectivity index (χ3n) is 6.62. The molecule has 2 aliphatic heterocycles. The lowest BCUT2D eigenvalue weighted by Gasteiger charge is -2.34. The maximum atomic E-state index is 11.5. The van der Waals surface area contributed by atoms with Crippen LogP contribution in [0.2, 0.25) is 0 Å². The van der Waals surface area contributed by atoms with Crippen LogP contribution in [-0.4, -0.2) is 49.1 Å². The Morgan fingerprint density at radius 2 is 1.58 bits per heavy atom. The molecule has 2 aromatic rings. The van der Waals surface area contributed by atoms with E-state index in [1.807, 2.05) is 27.7 Å². The summed E-state index contributed by atoms with van der Waals surface area (Å²) in [5.74, 6) is 0.610. The normalized spacial score (nSPS) is 25.7. The first-order valence-corrected chi connectivity index (χ1v) is 12.8. The molecule has 0 spiro atoms. The van der Waals surface area contributed by atoms with Gasteiger partial charge in [-0.15, -0.1) is 0 Å². The number of benzene rings is 2. The van der Waals surface area contributed by atoms with E-state index in [0.717, 1.165) is 32.5 Å². The molecular weight excluding hydrogens is 410 g/mol. The lowest BCUT2D eigenvalue weighted by molar-refractivity contribution is -0.122. The van der Waals surface area contributed by atoms with Crippen LogP contribution in [0.15, 0.2) is 48.5 Å². The Kier molecular flexibility index (Phi) is 9.66. The van der Waals surface area contributed by atoms with Crippen molar-refractivity contribution in [3.8, 4) is 0 Å². The lowest BCUT2D eigenvalue weighted by atomic mass is 9.87. The summed E-state index contributed by atoms with van der Waals surface area (Å²) >= 11 is 0. The summed E-state index contributed by atoms with van der Waals surface area (Å²) in [5.41, 5.74) is 5.63. The number of ketones is 1. The average molecular weight is 452 g/mol. The van der Waals surface area contributed by atoms with Gasteiger partial charge in [0, 0.05) is 32.0 Å². The van der Waals surface area contributed by atoms with Gasteiger partial charge in [0.25, 0.3) is 0 Å². The number of nitrogens with zero attached hydrogens (tertiary/aromatic N) is 1. The average Bonchev–Trinajstić information content (AvgIpc) is 3.20. The predicted octanol–water partition coefficient (Wildman–Crippen LogP) is 5.94. The maximum Gasteiger partial charge on any atom is 0.132 e. The van der Waals surface area contributed by atoms with Crippen LogP contribution in [0, 0.1) is 0 Å². The van der Waals surface area contributed by atoms with Gasteiger partial charge >= 0.3 is 0 Å². The summed E-state index contributed by atoms with van der Waals surface area (Å²) in [6, 6.07) is 17.6. The Morgan fingerprint density at radius 3 is 2.27 bits per heavy atom. The Balaban J connectivity index is 0.000000728. The van der Waals surface area contributed by atoms with E-state index in [1.165, 1.54) is 22.3 Å². The van der Waals surface area contributed by atoms with Crippen LogP contribution in [0.4, 0.5) is 0 Å². The molecule has 0 N–H and O–H groups in total. The first-order valence-electron chi connectivity index (χ1n) is 12.8. The Hall–Kier alpha value is -2.01. The van der Waals surface area contributed by atoms with E-state index in [-0.39, 0.29) is 24.1 Å². The molecule has 3 aliphatic rings. The second-order valence-corrected chi connectivity index (χ2v) is 8.75. The summed E-state index contributed by atoms with van der Waals surface area (Å²) in [4.78, 5) is 13.9. The van der Waals surface area contributed by atoms with E-state index >= 15 is 0 Å². The molecule has 0 amide bonds. The molecule has 2 saturated heterocycles. The molecule has 0 saturated carbocycles. The van der Waals surface area contributed by atoms with Gasteiger partial charge in [-0.05, 0) is 42.0 Å². The van der Waals surface area contributed by atoms with Crippen molar-refractivity contribution in [2.24, 2.45) is 0 Å². The van der Waals surface area contributed by atoms with Crippen molar-refractivity contribution in [1.82, 2.24) is 4.90 Å². The van der Waals surface area contributed by atoms with Crippen molar-refractivity contribution >= 4 is 5.78 Å². The van der Waals surface area contributed by atoms with Crippen LogP contribution in [0.1, 0.15) is 81.7 Å². The van der Waals surface area contributed by atoms with Gasteiger partial charge in [0.05, 0.1) is 24.9 Å². The molecule has 1 aliphatic carbocycles. The summed E-state index contributed by atoms with van der Waals surface area (Å²) in [7, 11) is 0. The van der Waals surface area contributed by atoms with Crippen LogP contribution in [0.5, 0.6) is 0 Å². The number of hydrogen-bond donors (Lipinski definition) is 0. The van der Waals surface area contributed by atoms with Crippen LogP contribution in [0.25, 0.3) is 0 Å². The number of hydrogen-bond acceptors (Lipinski definition) is 4. The van der Waals surface area contributed by atoms with Gasteiger partial charge in [-0.1, -0.05) is 76.2 Å². The highest BCUT2D eigenvalue weighted by Crippen LogP contribution is 2.49. The van der Waals surface area contributed by atoms with Gasteiger partial charge in [-0.3, -0.25) is 9.69 Å². The quantitative estimate of drug-likeness (QED) is 0.577. The standard InChI is InChI=1S/C25H29NO3.2C2H6/c1-17(27)12-20-15-26(10-11-28-20)16-21-14-24-22-8-4-2-6-18(22)13-19-7-3-5-9-23(19)25(24)29-21;2*1-2/h2-9,20-21,24-25H,10-16H2,1H3;2*1-2H3. The minimum Gasteiger partial charge on any atom is -0.375 e. The number of fused-ring (bicyclic) bond motifs is 5. The molecule has 2 aromatic carbocycles. The van der Waals surface area contributed by atoms with E-state index in [0.29, 0.717) is 18.9 Å². The Morgan fingerprint density at radius 1 is 0.939 bits per heavy atom. The largest absolute Gasteiger partial charge is 0.375 e. The number of carbonyl (C=O) groups is 1. The lowest BCUT2D eigenvalue weighted by Crippen LogP contribution is -2.46. The van der Waals surface area contributed by atoms with Crippen LogP contribution >= 0.6 is 0 Å². The highest BCUT2D eigenvalue weighted by Gasteiger charge is 2.41. The molecule has 33 heavy (non-hydrogen) atoms. The molecule has 0 aromatic heterocycles. The van der Waals surface area contributed by atoms with Crippen LogP contribution in [-0.2, 0) is 20.7 Å². The molecular formula is C29H41NO3. The molecule has 2 heterocycles. The summed E-state index contributed by atoms with van der Waals surface area (Å²) < 4.78 is 12.5. The second kappa shape index (κ2) is 12.5.